The Hall–Kier alpha value is -11.5. The Bertz CT molecular complexity index is 4430. The van der Waals surface area contributed by atoms with Crippen molar-refractivity contribution in [3.8, 4) is 17.2 Å². The SMILES string of the molecule is CCNC(Cc1ccccc1)C(=O)N[C@@H](Cc1ccccc1)C(=O)NC(Cc1ccc(O)cc1)C(=O)NCC(=O)NCC(=O)N[C@@H](CO)C(=O)N[C@@H](CCCNC(=N)N)C(=O)C(=O)CNN[C@H](C)CCCCNC(=O)CCC(=O)OCC(=O)[C@]1(O)Cc2c(O)c3c(c(O)c2[C@@H](O[C@H]2C[C@H](N)[C@H](O)[C@H](C)O2)C1)C(=O)c1c(CO)cccc1C3=O. The van der Waals surface area contributed by atoms with Gasteiger partial charge in [-0.05, 0) is 86.9 Å². The topological polar surface area (TPSA) is 599 Å². The lowest BCUT2D eigenvalue weighted by molar-refractivity contribution is -0.247. The third-order valence-electron chi connectivity index (χ3n) is 20.2. The first kappa shape index (κ1) is 92.0. The van der Waals surface area contributed by atoms with Crippen LogP contribution in [0, 0.1) is 5.41 Å². The van der Waals surface area contributed by atoms with E-state index in [0.717, 1.165) is 5.56 Å². The molecule has 2 aliphatic carbocycles. The predicted molar refractivity (Wildman–Crippen MR) is 421 cm³/mol. The van der Waals surface area contributed by atoms with Crippen molar-refractivity contribution in [3.05, 3.63) is 159 Å². The molecule has 1 saturated heterocycles. The highest BCUT2D eigenvalue weighted by Gasteiger charge is 2.51. The molecule has 2 unspecified atom stereocenters. The fourth-order valence-corrected chi connectivity index (χ4v) is 13.9. The normalized spacial score (nSPS) is 18.8. The molecule has 636 valence electrons. The summed E-state index contributed by atoms with van der Waals surface area (Å²) in [6.45, 7) is 0.968. The summed E-state index contributed by atoms with van der Waals surface area (Å²) in [4.78, 5) is 177. The lowest BCUT2D eigenvalue weighted by Crippen LogP contribution is -2.58. The highest BCUT2D eigenvalue weighted by atomic mass is 16.7. The Morgan fingerprint density at radius 2 is 1.24 bits per heavy atom. The van der Waals surface area contributed by atoms with Crippen LogP contribution in [0.5, 0.6) is 17.2 Å². The minimum atomic E-state index is -2.53. The van der Waals surface area contributed by atoms with Crippen LogP contribution in [0.2, 0.25) is 0 Å². The minimum absolute atomic E-state index is 0.0325. The number of fused-ring (bicyclic) bond motifs is 3. The van der Waals surface area contributed by atoms with Crippen LogP contribution < -0.4 is 70.2 Å². The van der Waals surface area contributed by atoms with Gasteiger partial charge in [-0.25, -0.2) is 5.43 Å². The largest absolute Gasteiger partial charge is 0.508 e. The Kier molecular flexibility index (Phi) is 34.4. The van der Waals surface area contributed by atoms with Crippen molar-refractivity contribution >= 4 is 82.2 Å². The van der Waals surface area contributed by atoms with Gasteiger partial charge in [-0.3, -0.25) is 73.2 Å². The summed E-state index contributed by atoms with van der Waals surface area (Å²) in [6, 6.07) is 20.4. The second-order valence-electron chi connectivity index (χ2n) is 29.1. The number of Topliss-reactive ketones (excluding diaryl/α,β-unsaturated/α-hetero) is 3. The highest BCUT2D eigenvalue weighted by molar-refractivity contribution is 6.40. The number of amides is 7. The molecule has 7 amide bonds. The summed E-state index contributed by atoms with van der Waals surface area (Å²) in [5, 5.41) is 107. The number of carbonyl (C=O) groups is 13. The number of ether oxygens (including phenoxy) is 3. The Balaban J connectivity index is 0.756. The van der Waals surface area contributed by atoms with Gasteiger partial charge >= 0.3 is 5.97 Å². The molecule has 5 aromatic carbocycles. The maximum Gasteiger partial charge on any atom is 0.306 e. The third kappa shape index (κ3) is 25.7. The zero-order chi connectivity index (χ0) is 85.9. The number of aromatic hydroxyl groups is 3. The number of hydrazine groups is 1. The number of phenols is 3. The zero-order valence-corrected chi connectivity index (χ0v) is 65.5. The van der Waals surface area contributed by atoms with E-state index < -0.39 is 230 Å². The van der Waals surface area contributed by atoms with Gasteiger partial charge in [-0.2, -0.15) is 0 Å². The molecule has 23 N–H and O–H groups in total. The number of carbonyl (C=O) groups excluding carboxylic acids is 13. The smallest absolute Gasteiger partial charge is 0.306 e. The molecule has 1 aliphatic heterocycles. The van der Waals surface area contributed by atoms with Crippen LogP contribution in [-0.4, -0.2) is 237 Å². The molecule has 0 spiro atoms. The van der Waals surface area contributed by atoms with E-state index in [1.54, 1.807) is 37.3 Å². The molecule has 12 atom stereocenters. The third-order valence-corrected chi connectivity index (χ3v) is 20.2. The number of likely N-dealkylation sites (N-methyl/N-ethyl adjacent to an activating group) is 1. The monoisotopic (exact) mass is 1640 g/mol. The average molecular weight is 1640 g/mol. The van der Waals surface area contributed by atoms with Gasteiger partial charge in [-0.15, -0.1) is 0 Å². The number of nitrogens with two attached hydrogens (primary N) is 2. The number of unbranched alkanes of at least 4 members (excludes halogenated alkanes) is 1. The van der Waals surface area contributed by atoms with Crippen LogP contribution in [-0.2, 0) is 99.2 Å². The minimum Gasteiger partial charge on any atom is -0.508 e. The first-order chi connectivity index (χ1) is 56.3. The van der Waals surface area contributed by atoms with Crippen molar-refractivity contribution in [3.63, 3.8) is 0 Å². The van der Waals surface area contributed by atoms with Gasteiger partial charge < -0.3 is 109 Å². The molecule has 8 rings (SSSR count). The van der Waals surface area contributed by atoms with E-state index in [0.29, 0.717) is 43.4 Å². The lowest BCUT2D eigenvalue weighted by Gasteiger charge is -2.42. The number of rotatable bonds is 45. The standard InChI is InChI=1S/C81H104N14O23/c1-4-85-54(31-45-16-7-5-8-17-45)77(112)94-56(32-46-18-9-6-10-19-46)78(113)93-55(33-47-23-25-49(98)26-24-47)76(111)89-38-62(102)88-39-63(103)91-57(41-97)79(114)92-53(22-14-30-87-80(83)84)73(108)58(99)37-90-95-43(2)15-11-12-29-86-61(101)27-28-64(104)116-42-60(100)81(115)35-51-67(59(36-81)118-65-34-52(82)70(105)44(3)117-65)75(110)69-68(72(51)107)71(106)50-21-13-20-48(40-96)66(50)74(69)109/h5-10,13,16-21,23-26,43-44,52-57,59,65,70,85,90,95-98,105,107,110,115H,4,11-12,14-15,22,27-42,82H2,1-3H3,(H,86,101)(H,88,102)(H,89,111)(H,91,103)(H,92,114)(H,93,113)(H,94,112)(H4,83,84,87)/t43-,44+,52+,53+,54?,55?,56+,57+,59+,65+,70-,81+/m1/s1. The van der Waals surface area contributed by atoms with E-state index in [-0.39, 0.29) is 91.2 Å². The molecule has 5 aromatic rings. The number of aliphatic hydroxyl groups excluding tert-OH is 3. The fraction of sp³-hybridized carbons (Fsp3) is 0.457. The van der Waals surface area contributed by atoms with Gasteiger partial charge in [0.15, 0.2) is 30.4 Å². The van der Waals surface area contributed by atoms with Crippen molar-refractivity contribution < 1.29 is 112 Å². The maximum atomic E-state index is 14.3. The molecule has 0 radical (unpaired) electrons. The van der Waals surface area contributed by atoms with E-state index in [4.69, 9.17) is 31.1 Å². The molecule has 0 bridgehead atoms. The van der Waals surface area contributed by atoms with Crippen LogP contribution >= 0.6 is 0 Å². The molecule has 118 heavy (non-hydrogen) atoms. The molecule has 0 saturated carbocycles. The number of esters is 1. The van der Waals surface area contributed by atoms with Crippen LogP contribution in [0.25, 0.3) is 0 Å². The second-order valence-corrected chi connectivity index (χ2v) is 29.1. The number of hydrogen-bond acceptors (Lipinski definition) is 28. The number of benzene rings is 5. The van der Waals surface area contributed by atoms with E-state index in [1.165, 1.54) is 49.4 Å². The zero-order valence-electron chi connectivity index (χ0n) is 65.5. The summed E-state index contributed by atoms with van der Waals surface area (Å²) >= 11 is 0. The van der Waals surface area contributed by atoms with Crippen LogP contribution in [0.4, 0.5) is 0 Å². The number of ketones is 5. The number of hydrogen-bond donors (Lipinski definition) is 21. The van der Waals surface area contributed by atoms with Crippen LogP contribution in [0.1, 0.15) is 150 Å². The highest BCUT2D eigenvalue weighted by Crippen LogP contribution is 2.52. The number of aliphatic hydroxyl groups is 4. The summed E-state index contributed by atoms with van der Waals surface area (Å²) < 4.78 is 17.2. The molecule has 37 heteroatoms. The Morgan fingerprint density at radius 1 is 0.636 bits per heavy atom. The first-order valence-electron chi connectivity index (χ1n) is 38.8. The van der Waals surface area contributed by atoms with Gasteiger partial charge in [0, 0.05) is 86.0 Å². The quantitative estimate of drug-likeness (QED) is 0.00359. The van der Waals surface area contributed by atoms with Crippen molar-refractivity contribution in [2.24, 2.45) is 11.5 Å². The van der Waals surface area contributed by atoms with Gasteiger partial charge in [0.2, 0.25) is 58.7 Å². The van der Waals surface area contributed by atoms with Crippen molar-refractivity contribution in [2.75, 3.05) is 52.5 Å². The number of phenolic OH excluding ortho intramolecular Hbond substituents is 3. The Morgan fingerprint density at radius 3 is 1.87 bits per heavy atom. The summed E-state index contributed by atoms with van der Waals surface area (Å²) in [5.41, 5.74) is 14.5. The predicted octanol–water partition coefficient (Wildman–Crippen LogP) is -2.44. The van der Waals surface area contributed by atoms with Crippen molar-refractivity contribution in [2.45, 2.75) is 183 Å². The summed E-state index contributed by atoms with van der Waals surface area (Å²) in [6.07, 6.45) is -5.69. The van der Waals surface area contributed by atoms with Crippen LogP contribution in [0.15, 0.2) is 103 Å². The van der Waals surface area contributed by atoms with Gasteiger partial charge in [0.25, 0.3) is 0 Å². The number of guanidine groups is 1. The maximum absolute atomic E-state index is 14.3. The summed E-state index contributed by atoms with van der Waals surface area (Å²) in [7, 11) is 0. The molecule has 37 nitrogen and oxygen atoms in total. The van der Waals surface area contributed by atoms with Crippen LogP contribution in [0.3, 0.4) is 0 Å². The average Bonchev–Trinajstić information content (AvgIpc) is 0.709. The summed E-state index contributed by atoms with van der Waals surface area (Å²) in [5.74, 6) is -13.7. The van der Waals surface area contributed by atoms with Gasteiger partial charge in [0.1, 0.15) is 41.0 Å². The fourth-order valence-electron chi connectivity index (χ4n) is 13.9. The van der Waals surface area contributed by atoms with Crippen molar-refractivity contribution in [1.82, 2.24) is 58.7 Å². The van der Waals surface area contributed by atoms with E-state index in [2.05, 4.69) is 58.7 Å². The van der Waals surface area contributed by atoms with E-state index in [1.807, 2.05) is 37.3 Å². The van der Waals surface area contributed by atoms with Gasteiger partial charge in [0.05, 0.1) is 80.8 Å². The molecule has 3 aliphatic rings. The molecule has 0 aromatic heterocycles. The first-order valence-corrected chi connectivity index (χ1v) is 38.8. The molecular formula is C81H104N14O23. The second kappa shape index (κ2) is 44.2. The lowest BCUT2D eigenvalue weighted by atomic mass is 9.71. The molecule has 1 heterocycles. The van der Waals surface area contributed by atoms with E-state index >= 15 is 0 Å². The van der Waals surface area contributed by atoms with Crippen molar-refractivity contribution in [1.29, 1.82) is 5.41 Å². The Labute approximate surface area is 679 Å². The molecule has 1 fully saturated rings. The molecular weight excluding hydrogens is 1540 g/mol. The van der Waals surface area contributed by atoms with Gasteiger partial charge in [-0.1, -0.05) is 104 Å². The van der Waals surface area contributed by atoms with E-state index in [9.17, 15) is 98.1 Å². The number of nitrogens with one attached hydrogen (secondary N) is 12.